The Morgan fingerprint density at radius 3 is 2.55 bits per heavy atom. The van der Waals surface area contributed by atoms with Crippen molar-refractivity contribution in [1.82, 2.24) is 9.55 Å². The third kappa shape index (κ3) is 3.32. The first-order valence-electron chi connectivity index (χ1n) is 8.52. The first-order valence-corrected chi connectivity index (χ1v) is 8.52. The van der Waals surface area contributed by atoms with Crippen LogP contribution in [-0.4, -0.2) is 21.0 Å². The summed E-state index contributed by atoms with van der Waals surface area (Å²) in [5.74, 6) is -1.00. The molecule has 4 rings (SSSR count). The summed E-state index contributed by atoms with van der Waals surface area (Å²) in [6.45, 7) is 0. The number of hydrogen-bond donors (Lipinski definition) is 1. The number of alkyl halides is 3. The summed E-state index contributed by atoms with van der Waals surface area (Å²) < 4.78 is 57.1. The first kappa shape index (κ1) is 19.0. The molecule has 0 amide bonds. The Morgan fingerprint density at radius 1 is 1.21 bits per heavy atom. The van der Waals surface area contributed by atoms with Crippen molar-refractivity contribution in [3.05, 3.63) is 83.2 Å². The lowest BCUT2D eigenvalue weighted by Crippen LogP contribution is -2.24. The largest absolute Gasteiger partial charge is 0.573 e. The average molecular weight is 403 g/mol. The Balaban J connectivity index is 1.70. The molecule has 9 heteroatoms. The average Bonchev–Trinajstić information content (AvgIpc) is 3.25. The second kappa shape index (κ2) is 6.60. The lowest BCUT2D eigenvalue weighted by atomic mass is 9.86. The molecule has 2 aromatic carbocycles. The van der Waals surface area contributed by atoms with Crippen molar-refractivity contribution in [1.29, 1.82) is 5.26 Å². The van der Waals surface area contributed by atoms with Gasteiger partial charge >= 0.3 is 6.36 Å². The van der Waals surface area contributed by atoms with Crippen molar-refractivity contribution in [3.63, 3.8) is 0 Å². The lowest BCUT2D eigenvalue weighted by molar-refractivity contribution is -0.274. The predicted molar refractivity (Wildman–Crippen MR) is 92.2 cm³/mol. The highest BCUT2D eigenvalue weighted by atomic mass is 19.4. The van der Waals surface area contributed by atoms with Crippen LogP contribution in [0, 0.1) is 17.1 Å². The van der Waals surface area contributed by atoms with Crippen molar-refractivity contribution in [2.75, 3.05) is 0 Å². The van der Waals surface area contributed by atoms with Gasteiger partial charge in [-0.1, -0.05) is 18.2 Å². The zero-order valence-corrected chi connectivity index (χ0v) is 14.7. The molecule has 0 unspecified atom stereocenters. The van der Waals surface area contributed by atoms with Crippen LogP contribution < -0.4 is 4.74 Å². The monoisotopic (exact) mass is 403 g/mol. The molecule has 148 valence electrons. The summed E-state index contributed by atoms with van der Waals surface area (Å²) >= 11 is 0. The van der Waals surface area contributed by atoms with Gasteiger partial charge in [0.05, 0.1) is 35.9 Å². The highest BCUT2D eigenvalue weighted by Crippen LogP contribution is 2.47. The van der Waals surface area contributed by atoms with Crippen LogP contribution in [0.15, 0.2) is 55.0 Å². The number of nitriles is 1. The minimum Gasteiger partial charge on any atom is -0.406 e. The summed E-state index contributed by atoms with van der Waals surface area (Å²) in [6.07, 6.45) is -1.88. The van der Waals surface area contributed by atoms with E-state index in [1.54, 1.807) is 4.57 Å². The molecule has 0 aliphatic carbocycles. The van der Waals surface area contributed by atoms with Gasteiger partial charge in [0, 0.05) is 12.0 Å². The molecule has 2 heterocycles. The minimum atomic E-state index is -4.82. The van der Waals surface area contributed by atoms with E-state index in [4.69, 9.17) is 5.26 Å². The van der Waals surface area contributed by atoms with Crippen LogP contribution in [0.2, 0.25) is 0 Å². The van der Waals surface area contributed by atoms with Gasteiger partial charge in [0.15, 0.2) is 0 Å². The van der Waals surface area contributed by atoms with Crippen molar-refractivity contribution in [2.24, 2.45) is 0 Å². The molecule has 3 aromatic rings. The number of halogens is 4. The van der Waals surface area contributed by atoms with E-state index in [1.807, 2.05) is 6.07 Å². The van der Waals surface area contributed by atoms with Crippen LogP contribution in [0.3, 0.4) is 0 Å². The van der Waals surface area contributed by atoms with Gasteiger partial charge in [0.25, 0.3) is 0 Å². The van der Waals surface area contributed by atoms with E-state index in [2.05, 4.69) is 9.72 Å². The summed E-state index contributed by atoms with van der Waals surface area (Å²) in [5.41, 5.74) is -0.430. The molecule has 1 aliphatic heterocycles. The van der Waals surface area contributed by atoms with E-state index in [-0.39, 0.29) is 17.5 Å². The number of benzene rings is 2. The third-order valence-corrected chi connectivity index (χ3v) is 4.97. The van der Waals surface area contributed by atoms with Crippen LogP contribution >= 0.6 is 0 Å². The molecule has 29 heavy (non-hydrogen) atoms. The second-order valence-corrected chi connectivity index (χ2v) is 6.69. The van der Waals surface area contributed by atoms with Gasteiger partial charge in [-0.3, -0.25) is 0 Å². The Bertz CT molecular complexity index is 1100. The van der Waals surface area contributed by atoms with E-state index >= 15 is 0 Å². The number of hydrogen-bond acceptors (Lipinski definition) is 4. The molecule has 0 saturated carbocycles. The highest BCUT2D eigenvalue weighted by molar-refractivity contribution is 5.42. The summed E-state index contributed by atoms with van der Waals surface area (Å²) in [4.78, 5) is 4.02. The van der Waals surface area contributed by atoms with Gasteiger partial charge in [-0.05, 0) is 29.8 Å². The quantitative estimate of drug-likeness (QED) is 0.671. The minimum absolute atomic E-state index is 0.0488. The van der Waals surface area contributed by atoms with Crippen LogP contribution in [-0.2, 0) is 5.60 Å². The Hall–Kier alpha value is -3.38. The molecule has 0 fully saturated rings. The maximum Gasteiger partial charge on any atom is 0.573 e. The third-order valence-electron chi connectivity index (χ3n) is 4.97. The molecule has 5 nitrogen and oxygen atoms in total. The van der Waals surface area contributed by atoms with Crippen LogP contribution in [0.25, 0.3) is 0 Å². The smallest absolute Gasteiger partial charge is 0.406 e. The number of aromatic nitrogens is 2. The molecular weight excluding hydrogens is 390 g/mol. The molecule has 2 atom stereocenters. The van der Waals surface area contributed by atoms with Crippen molar-refractivity contribution in [3.8, 4) is 11.8 Å². The standard InChI is InChI=1S/C20H13F4N3O2/c21-16-7-12(9-25)1-6-15(16)17-8-19(28,18-10-26-11-27(17)18)13-2-4-14(5-3-13)29-20(22,23)24/h1-7,10-11,17,28H,8H2/t17-,19+/m1/s1. The van der Waals surface area contributed by atoms with Gasteiger partial charge in [-0.2, -0.15) is 5.26 Å². The molecule has 1 aliphatic rings. The van der Waals surface area contributed by atoms with Crippen molar-refractivity contribution >= 4 is 0 Å². The van der Waals surface area contributed by atoms with E-state index in [1.165, 1.54) is 36.8 Å². The van der Waals surface area contributed by atoms with Crippen molar-refractivity contribution in [2.45, 2.75) is 24.4 Å². The van der Waals surface area contributed by atoms with Crippen LogP contribution in [0.5, 0.6) is 5.75 Å². The van der Waals surface area contributed by atoms with Gasteiger partial charge in [-0.25, -0.2) is 9.37 Å². The molecule has 1 N–H and O–H groups in total. The van der Waals surface area contributed by atoms with E-state index < -0.39 is 29.6 Å². The Labute approximate surface area is 162 Å². The molecule has 0 saturated heterocycles. The first-order chi connectivity index (χ1) is 13.7. The van der Waals surface area contributed by atoms with Crippen LogP contribution in [0.1, 0.15) is 34.8 Å². The fourth-order valence-corrected chi connectivity index (χ4v) is 3.68. The summed E-state index contributed by atoms with van der Waals surface area (Å²) in [6, 6.07) is 10.2. The number of nitrogens with zero attached hydrogens (tertiary/aromatic N) is 3. The fraction of sp³-hybridized carbons (Fsp3) is 0.200. The maximum atomic E-state index is 14.6. The number of rotatable bonds is 3. The Kier molecular flexibility index (Phi) is 4.31. The Morgan fingerprint density at radius 2 is 1.93 bits per heavy atom. The predicted octanol–water partition coefficient (Wildman–Crippen LogP) is 4.02. The summed E-state index contributed by atoms with van der Waals surface area (Å²) in [7, 11) is 0. The highest BCUT2D eigenvalue weighted by Gasteiger charge is 2.45. The fourth-order valence-electron chi connectivity index (χ4n) is 3.68. The molecule has 0 radical (unpaired) electrons. The van der Waals surface area contributed by atoms with Crippen LogP contribution in [0.4, 0.5) is 17.6 Å². The van der Waals surface area contributed by atoms with Gasteiger partial charge in [0.1, 0.15) is 17.2 Å². The normalized spacial score (nSPS) is 20.9. The summed E-state index contributed by atoms with van der Waals surface area (Å²) in [5, 5.41) is 20.3. The van der Waals surface area contributed by atoms with Gasteiger partial charge < -0.3 is 14.4 Å². The maximum absolute atomic E-state index is 14.6. The van der Waals surface area contributed by atoms with Crippen molar-refractivity contribution < 1.29 is 27.4 Å². The van der Waals surface area contributed by atoms with E-state index in [9.17, 15) is 22.7 Å². The van der Waals surface area contributed by atoms with E-state index in [0.717, 1.165) is 18.2 Å². The zero-order valence-electron chi connectivity index (χ0n) is 14.7. The van der Waals surface area contributed by atoms with E-state index in [0.29, 0.717) is 11.3 Å². The molecule has 0 bridgehead atoms. The molecule has 1 aromatic heterocycles. The number of imidazole rings is 1. The van der Waals surface area contributed by atoms with Gasteiger partial charge in [-0.15, -0.1) is 13.2 Å². The number of fused-ring (bicyclic) bond motifs is 1. The SMILES string of the molecule is N#Cc1ccc([C@H]2C[C@](O)(c3ccc(OC(F)(F)F)cc3)c3cncn32)c(F)c1. The van der Waals surface area contributed by atoms with Gasteiger partial charge in [0.2, 0.25) is 0 Å². The topological polar surface area (TPSA) is 71.1 Å². The number of ether oxygens (including phenoxy) is 1. The zero-order chi connectivity index (χ0) is 20.8. The second-order valence-electron chi connectivity index (χ2n) is 6.69. The molecular formula is C20H13F4N3O2. The molecule has 0 spiro atoms. The lowest BCUT2D eigenvalue weighted by Gasteiger charge is -2.23. The number of aliphatic hydroxyl groups is 1.